The third-order valence-corrected chi connectivity index (χ3v) is 2.53. The van der Waals surface area contributed by atoms with Crippen molar-refractivity contribution in [3.63, 3.8) is 0 Å². The van der Waals surface area contributed by atoms with Crippen molar-refractivity contribution in [3.05, 3.63) is 0 Å². The molecule has 1 fully saturated rings. The van der Waals surface area contributed by atoms with Crippen molar-refractivity contribution in [1.29, 1.82) is 0 Å². The number of nitrogens with one attached hydrogen (secondary N) is 1. The van der Waals surface area contributed by atoms with Gasteiger partial charge >= 0.3 is 5.97 Å². The van der Waals surface area contributed by atoms with Gasteiger partial charge in [0.2, 0.25) is 0 Å². The van der Waals surface area contributed by atoms with E-state index >= 15 is 0 Å². The van der Waals surface area contributed by atoms with Crippen LogP contribution in [0.1, 0.15) is 26.2 Å². The third kappa shape index (κ3) is 5.74. The summed E-state index contributed by atoms with van der Waals surface area (Å²) in [5, 5.41) is 3.31. The summed E-state index contributed by atoms with van der Waals surface area (Å²) in [6, 6.07) is 0. The zero-order valence-electron chi connectivity index (χ0n) is 9.63. The molecule has 0 aromatic heterocycles. The smallest absolute Gasteiger partial charge is 0.305 e. The Kier molecular flexibility index (Phi) is 6.36. The van der Waals surface area contributed by atoms with E-state index in [1.165, 1.54) is 0 Å². The van der Waals surface area contributed by atoms with E-state index in [1.54, 1.807) is 0 Å². The zero-order valence-corrected chi connectivity index (χ0v) is 9.63. The zero-order chi connectivity index (χ0) is 10.9. The molecule has 0 atom stereocenters. The molecule has 1 aliphatic rings. The molecule has 0 aliphatic carbocycles. The van der Waals surface area contributed by atoms with Gasteiger partial charge in [-0.15, -0.1) is 0 Å². The lowest BCUT2D eigenvalue weighted by atomic mass is 10.2. The van der Waals surface area contributed by atoms with Gasteiger partial charge in [0.1, 0.15) is 0 Å². The molecule has 0 saturated carbocycles. The minimum atomic E-state index is -0.0491. The molecule has 4 heteroatoms. The first-order valence-corrected chi connectivity index (χ1v) is 5.91. The third-order valence-electron chi connectivity index (χ3n) is 2.53. The summed E-state index contributed by atoms with van der Waals surface area (Å²) in [5.41, 5.74) is 0. The number of nitrogens with zero attached hydrogens (tertiary/aromatic N) is 1. The Labute approximate surface area is 92.0 Å². The molecule has 1 rings (SSSR count). The first kappa shape index (κ1) is 12.5. The predicted octanol–water partition coefficient (Wildman–Crippen LogP) is 0.625. The highest BCUT2D eigenvalue weighted by molar-refractivity contribution is 5.69. The van der Waals surface area contributed by atoms with Gasteiger partial charge in [-0.3, -0.25) is 4.79 Å². The van der Waals surface area contributed by atoms with Gasteiger partial charge in [-0.25, -0.2) is 0 Å². The second kappa shape index (κ2) is 7.65. The molecule has 0 unspecified atom stereocenters. The van der Waals surface area contributed by atoms with Gasteiger partial charge in [-0.1, -0.05) is 6.92 Å². The number of carbonyl (C=O) groups is 1. The van der Waals surface area contributed by atoms with Crippen LogP contribution in [0.3, 0.4) is 0 Å². The van der Waals surface area contributed by atoms with Crippen LogP contribution in [-0.4, -0.2) is 50.2 Å². The highest BCUT2D eigenvalue weighted by Gasteiger charge is 2.09. The highest BCUT2D eigenvalue weighted by Crippen LogP contribution is 1.99. The second-order valence-electron chi connectivity index (χ2n) is 3.92. The number of hydrogen-bond acceptors (Lipinski definition) is 4. The van der Waals surface area contributed by atoms with Gasteiger partial charge < -0.3 is 15.0 Å². The van der Waals surface area contributed by atoms with Crippen molar-refractivity contribution in [3.8, 4) is 0 Å². The topological polar surface area (TPSA) is 41.6 Å². The summed E-state index contributed by atoms with van der Waals surface area (Å²) in [4.78, 5) is 13.6. The molecule has 1 aliphatic heterocycles. The quantitative estimate of drug-likeness (QED) is 0.658. The Bertz CT molecular complexity index is 179. The molecule has 4 nitrogen and oxygen atoms in total. The van der Waals surface area contributed by atoms with Gasteiger partial charge in [-0.05, 0) is 19.4 Å². The van der Waals surface area contributed by atoms with Crippen molar-refractivity contribution < 1.29 is 9.53 Å². The van der Waals surface area contributed by atoms with E-state index in [9.17, 15) is 4.79 Å². The molecule has 0 spiro atoms. The number of carbonyl (C=O) groups excluding carboxylic acids is 1. The maximum absolute atomic E-state index is 11.2. The lowest BCUT2D eigenvalue weighted by Crippen LogP contribution is -2.43. The fraction of sp³-hybridized carbons (Fsp3) is 0.909. The van der Waals surface area contributed by atoms with Crippen LogP contribution in [0.25, 0.3) is 0 Å². The average Bonchev–Trinajstić information content (AvgIpc) is 2.28. The summed E-state index contributed by atoms with van der Waals surface area (Å²) < 4.78 is 5.01. The van der Waals surface area contributed by atoms with Crippen molar-refractivity contribution in [1.82, 2.24) is 10.2 Å². The standard InChI is InChI=1S/C11H22N2O2/c1-2-10-15-11(14)4-3-7-13-8-5-12-6-9-13/h12H,2-10H2,1H3. The summed E-state index contributed by atoms with van der Waals surface area (Å²) >= 11 is 0. The Balaban J connectivity index is 1.97. The van der Waals surface area contributed by atoms with Crippen molar-refractivity contribution in [2.75, 3.05) is 39.3 Å². The van der Waals surface area contributed by atoms with E-state index in [-0.39, 0.29) is 5.97 Å². The lowest BCUT2D eigenvalue weighted by Gasteiger charge is -2.26. The Morgan fingerprint density at radius 3 is 2.80 bits per heavy atom. The van der Waals surface area contributed by atoms with E-state index in [1.807, 2.05) is 6.92 Å². The Morgan fingerprint density at radius 1 is 1.40 bits per heavy atom. The summed E-state index contributed by atoms with van der Waals surface area (Å²) in [7, 11) is 0. The molecular weight excluding hydrogens is 192 g/mol. The number of rotatable bonds is 6. The van der Waals surface area contributed by atoms with Crippen molar-refractivity contribution in [2.24, 2.45) is 0 Å². The monoisotopic (exact) mass is 214 g/mol. The molecule has 88 valence electrons. The van der Waals surface area contributed by atoms with E-state index in [0.717, 1.165) is 45.6 Å². The maximum atomic E-state index is 11.2. The largest absolute Gasteiger partial charge is 0.466 e. The number of esters is 1. The molecule has 1 N–H and O–H groups in total. The second-order valence-corrected chi connectivity index (χ2v) is 3.92. The van der Waals surface area contributed by atoms with Crippen LogP contribution in [0.5, 0.6) is 0 Å². The minimum Gasteiger partial charge on any atom is -0.466 e. The van der Waals surface area contributed by atoms with Crippen LogP contribution in [0.15, 0.2) is 0 Å². The van der Waals surface area contributed by atoms with E-state index in [2.05, 4.69) is 10.2 Å². The average molecular weight is 214 g/mol. The first-order chi connectivity index (χ1) is 7.33. The minimum absolute atomic E-state index is 0.0491. The van der Waals surface area contributed by atoms with Gasteiger partial charge in [0.15, 0.2) is 0 Å². The Hall–Kier alpha value is -0.610. The Morgan fingerprint density at radius 2 is 2.13 bits per heavy atom. The van der Waals surface area contributed by atoms with Gasteiger partial charge in [0, 0.05) is 32.6 Å². The van der Waals surface area contributed by atoms with Gasteiger partial charge in [0.25, 0.3) is 0 Å². The van der Waals surface area contributed by atoms with Crippen molar-refractivity contribution in [2.45, 2.75) is 26.2 Å². The fourth-order valence-electron chi connectivity index (χ4n) is 1.67. The van der Waals surface area contributed by atoms with E-state index in [4.69, 9.17) is 4.74 Å². The van der Waals surface area contributed by atoms with Crippen LogP contribution in [-0.2, 0) is 9.53 Å². The maximum Gasteiger partial charge on any atom is 0.305 e. The molecular formula is C11H22N2O2. The molecule has 1 heterocycles. The number of hydrogen-bond donors (Lipinski definition) is 1. The predicted molar refractivity (Wildman–Crippen MR) is 59.8 cm³/mol. The van der Waals surface area contributed by atoms with E-state index in [0.29, 0.717) is 13.0 Å². The van der Waals surface area contributed by atoms with Crippen molar-refractivity contribution >= 4 is 5.97 Å². The highest BCUT2D eigenvalue weighted by atomic mass is 16.5. The van der Waals surface area contributed by atoms with Crippen LogP contribution in [0, 0.1) is 0 Å². The number of ether oxygens (including phenoxy) is 1. The van der Waals surface area contributed by atoms with Crippen LogP contribution in [0.2, 0.25) is 0 Å². The fourth-order valence-corrected chi connectivity index (χ4v) is 1.67. The number of piperazine rings is 1. The molecule has 1 saturated heterocycles. The lowest BCUT2D eigenvalue weighted by molar-refractivity contribution is -0.143. The molecule has 0 bridgehead atoms. The van der Waals surface area contributed by atoms with Crippen LogP contribution >= 0.6 is 0 Å². The van der Waals surface area contributed by atoms with Crippen LogP contribution < -0.4 is 5.32 Å². The van der Waals surface area contributed by atoms with E-state index < -0.39 is 0 Å². The first-order valence-electron chi connectivity index (χ1n) is 5.91. The SMILES string of the molecule is CCCOC(=O)CCCN1CCNCC1. The molecule has 0 amide bonds. The van der Waals surface area contributed by atoms with Crippen LogP contribution in [0.4, 0.5) is 0 Å². The normalized spacial score (nSPS) is 17.7. The molecule has 15 heavy (non-hydrogen) atoms. The summed E-state index contributed by atoms with van der Waals surface area (Å²) in [5.74, 6) is -0.0491. The molecule has 0 aromatic carbocycles. The summed E-state index contributed by atoms with van der Waals surface area (Å²) in [6.07, 6.45) is 2.38. The molecule has 0 aromatic rings. The van der Waals surface area contributed by atoms with Gasteiger partial charge in [-0.2, -0.15) is 0 Å². The molecule has 0 radical (unpaired) electrons. The summed E-state index contributed by atoms with van der Waals surface area (Å²) in [6.45, 7) is 7.93. The van der Waals surface area contributed by atoms with Gasteiger partial charge in [0.05, 0.1) is 6.61 Å².